The maximum Gasteiger partial charge on any atom is 0.129 e. The first-order valence-corrected chi connectivity index (χ1v) is 7.19. The van der Waals surface area contributed by atoms with Gasteiger partial charge in [0, 0.05) is 23.2 Å². The van der Waals surface area contributed by atoms with Crippen LogP contribution in [0.4, 0.5) is 5.82 Å². The summed E-state index contributed by atoms with van der Waals surface area (Å²) in [5, 5.41) is 4.42. The SMILES string of the molecule is Cn1nc(-c2cc(Br)ccc2OC2CCC2)cc1N. The average Bonchev–Trinajstić information content (AvgIpc) is 2.65. The van der Waals surface area contributed by atoms with Crippen molar-refractivity contribution in [3.8, 4) is 17.0 Å². The van der Waals surface area contributed by atoms with E-state index in [1.54, 1.807) is 4.68 Å². The van der Waals surface area contributed by atoms with Crippen molar-refractivity contribution >= 4 is 21.7 Å². The molecule has 1 aliphatic carbocycles. The van der Waals surface area contributed by atoms with Crippen molar-refractivity contribution in [1.29, 1.82) is 0 Å². The number of benzene rings is 1. The van der Waals surface area contributed by atoms with Gasteiger partial charge in [-0.3, -0.25) is 4.68 Å². The first-order chi connectivity index (χ1) is 9.13. The van der Waals surface area contributed by atoms with Gasteiger partial charge in [-0.25, -0.2) is 0 Å². The molecule has 2 aromatic rings. The lowest BCUT2D eigenvalue weighted by Gasteiger charge is -2.27. The normalized spacial score (nSPS) is 15.3. The summed E-state index contributed by atoms with van der Waals surface area (Å²) in [7, 11) is 1.84. The predicted molar refractivity (Wildman–Crippen MR) is 79.0 cm³/mol. The van der Waals surface area contributed by atoms with Crippen LogP contribution in [0.2, 0.25) is 0 Å². The molecular formula is C14H16BrN3O. The van der Waals surface area contributed by atoms with E-state index in [2.05, 4.69) is 21.0 Å². The molecule has 1 fully saturated rings. The number of nitrogen functional groups attached to an aromatic ring is 1. The van der Waals surface area contributed by atoms with Gasteiger partial charge in [-0.05, 0) is 37.5 Å². The first kappa shape index (κ1) is 12.5. The largest absolute Gasteiger partial charge is 0.490 e. The number of halogens is 1. The van der Waals surface area contributed by atoms with Crippen LogP contribution >= 0.6 is 15.9 Å². The summed E-state index contributed by atoms with van der Waals surface area (Å²) in [6.45, 7) is 0. The molecule has 0 saturated heterocycles. The van der Waals surface area contributed by atoms with Crippen molar-refractivity contribution in [2.24, 2.45) is 7.05 Å². The van der Waals surface area contributed by atoms with Crippen molar-refractivity contribution < 1.29 is 4.74 Å². The monoisotopic (exact) mass is 321 g/mol. The van der Waals surface area contributed by atoms with E-state index in [4.69, 9.17) is 10.5 Å². The van der Waals surface area contributed by atoms with E-state index in [0.717, 1.165) is 34.3 Å². The summed E-state index contributed by atoms with van der Waals surface area (Å²) in [6.07, 6.45) is 3.88. The number of hydrogen-bond acceptors (Lipinski definition) is 3. The highest BCUT2D eigenvalue weighted by Gasteiger charge is 2.21. The van der Waals surface area contributed by atoms with Crippen molar-refractivity contribution in [3.63, 3.8) is 0 Å². The molecule has 1 aromatic heterocycles. The number of nitrogens with two attached hydrogens (primary N) is 1. The molecule has 1 heterocycles. The lowest BCUT2D eigenvalue weighted by atomic mass is 9.96. The summed E-state index contributed by atoms with van der Waals surface area (Å²) in [5.74, 6) is 1.52. The van der Waals surface area contributed by atoms with Crippen LogP contribution in [0.5, 0.6) is 5.75 Å². The van der Waals surface area contributed by atoms with Crippen LogP contribution in [-0.4, -0.2) is 15.9 Å². The number of aromatic nitrogens is 2. The highest BCUT2D eigenvalue weighted by atomic mass is 79.9. The number of ether oxygens (including phenoxy) is 1. The summed E-state index contributed by atoms with van der Waals surface area (Å²) in [6, 6.07) is 7.87. The Morgan fingerprint density at radius 2 is 2.16 bits per heavy atom. The molecule has 0 unspecified atom stereocenters. The first-order valence-electron chi connectivity index (χ1n) is 6.39. The molecule has 0 amide bonds. The van der Waals surface area contributed by atoms with Gasteiger partial charge in [0.2, 0.25) is 0 Å². The molecule has 1 saturated carbocycles. The highest BCUT2D eigenvalue weighted by Crippen LogP contribution is 2.35. The number of nitrogens with zero attached hydrogens (tertiary/aromatic N) is 2. The number of aryl methyl sites for hydroxylation is 1. The van der Waals surface area contributed by atoms with E-state index >= 15 is 0 Å². The van der Waals surface area contributed by atoms with Crippen LogP contribution in [0.1, 0.15) is 19.3 Å². The summed E-state index contributed by atoms with van der Waals surface area (Å²) in [5.41, 5.74) is 7.68. The fraction of sp³-hybridized carbons (Fsp3) is 0.357. The van der Waals surface area contributed by atoms with E-state index in [1.807, 2.05) is 31.3 Å². The molecule has 19 heavy (non-hydrogen) atoms. The zero-order valence-corrected chi connectivity index (χ0v) is 12.4. The zero-order chi connectivity index (χ0) is 13.4. The molecule has 0 atom stereocenters. The van der Waals surface area contributed by atoms with Gasteiger partial charge >= 0.3 is 0 Å². The minimum Gasteiger partial charge on any atom is -0.490 e. The van der Waals surface area contributed by atoms with Gasteiger partial charge in [0.05, 0.1) is 11.8 Å². The number of anilines is 1. The topological polar surface area (TPSA) is 53.1 Å². The predicted octanol–water partition coefficient (Wildman–Crippen LogP) is 3.36. The maximum atomic E-state index is 6.03. The summed E-state index contributed by atoms with van der Waals surface area (Å²) < 4.78 is 8.71. The van der Waals surface area contributed by atoms with Crippen molar-refractivity contribution in [3.05, 3.63) is 28.7 Å². The summed E-state index contributed by atoms with van der Waals surface area (Å²) in [4.78, 5) is 0. The molecule has 2 N–H and O–H groups in total. The van der Waals surface area contributed by atoms with Crippen LogP contribution in [-0.2, 0) is 7.05 Å². The second-order valence-electron chi connectivity index (χ2n) is 4.89. The Kier molecular flexibility index (Phi) is 3.22. The van der Waals surface area contributed by atoms with Crippen molar-refractivity contribution in [2.75, 3.05) is 5.73 Å². The molecule has 0 bridgehead atoms. The molecule has 4 nitrogen and oxygen atoms in total. The number of rotatable bonds is 3. The van der Waals surface area contributed by atoms with Crippen LogP contribution < -0.4 is 10.5 Å². The Balaban J connectivity index is 1.99. The van der Waals surface area contributed by atoms with Gasteiger partial charge in [0.1, 0.15) is 11.6 Å². The fourth-order valence-electron chi connectivity index (χ4n) is 2.09. The van der Waals surface area contributed by atoms with Crippen LogP contribution in [0.3, 0.4) is 0 Å². The quantitative estimate of drug-likeness (QED) is 0.943. The maximum absolute atomic E-state index is 6.03. The third-order valence-corrected chi connectivity index (χ3v) is 3.97. The van der Waals surface area contributed by atoms with Crippen LogP contribution in [0.15, 0.2) is 28.7 Å². The van der Waals surface area contributed by atoms with Crippen molar-refractivity contribution in [1.82, 2.24) is 9.78 Å². The summed E-state index contributed by atoms with van der Waals surface area (Å²) >= 11 is 3.49. The highest BCUT2D eigenvalue weighted by molar-refractivity contribution is 9.10. The molecule has 1 aromatic carbocycles. The Morgan fingerprint density at radius 3 is 2.74 bits per heavy atom. The van der Waals surface area contributed by atoms with E-state index in [0.29, 0.717) is 11.9 Å². The van der Waals surface area contributed by atoms with Crippen LogP contribution in [0.25, 0.3) is 11.3 Å². The Labute approximate surface area is 120 Å². The van der Waals surface area contributed by atoms with E-state index in [-0.39, 0.29) is 0 Å². The van der Waals surface area contributed by atoms with E-state index < -0.39 is 0 Å². The van der Waals surface area contributed by atoms with E-state index in [1.165, 1.54) is 6.42 Å². The molecule has 0 radical (unpaired) electrons. The lowest BCUT2D eigenvalue weighted by Crippen LogP contribution is -2.24. The van der Waals surface area contributed by atoms with Gasteiger partial charge in [-0.2, -0.15) is 5.10 Å². The van der Waals surface area contributed by atoms with Gasteiger partial charge in [-0.15, -0.1) is 0 Å². The van der Waals surface area contributed by atoms with Crippen LogP contribution in [0, 0.1) is 0 Å². The minimum absolute atomic E-state index is 0.348. The molecular weight excluding hydrogens is 306 g/mol. The molecule has 0 aliphatic heterocycles. The molecule has 1 aliphatic rings. The smallest absolute Gasteiger partial charge is 0.129 e. The Bertz CT molecular complexity index is 585. The van der Waals surface area contributed by atoms with Gasteiger partial charge in [0.25, 0.3) is 0 Å². The second kappa shape index (κ2) is 4.89. The van der Waals surface area contributed by atoms with Gasteiger partial charge in [0.15, 0.2) is 0 Å². The van der Waals surface area contributed by atoms with E-state index in [9.17, 15) is 0 Å². The minimum atomic E-state index is 0.348. The molecule has 3 rings (SSSR count). The molecule has 5 heteroatoms. The fourth-order valence-corrected chi connectivity index (χ4v) is 2.45. The average molecular weight is 322 g/mol. The standard InChI is InChI=1S/C14H16BrN3O/c1-18-14(16)8-12(17-18)11-7-9(15)5-6-13(11)19-10-3-2-4-10/h5-8,10H,2-4,16H2,1H3. The third kappa shape index (κ3) is 2.47. The van der Waals surface area contributed by atoms with Gasteiger partial charge in [-0.1, -0.05) is 15.9 Å². The number of hydrogen-bond donors (Lipinski definition) is 1. The Hall–Kier alpha value is -1.49. The molecule has 0 spiro atoms. The van der Waals surface area contributed by atoms with Crippen molar-refractivity contribution in [2.45, 2.75) is 25.4 Å². The third-order valence-electron chi connectivity index (χ3n) is 3.48. The van der Waals surface area contributed by atoms with Gasteiger partial charge < -0.3 is 10.5 Å². The Morgan fingerprint density at radius 1 is 1.37 bits per heavy atom. The zero-order valence-electron chi connectivity index (χ0n) is 10.8. The lowest BCUT2D eigenvalue weighted by molar-refractivity contribution is 0.121. The molecule has 100 valence electrons. The second-order valence-corrected chi connectivity index (χ2v) is 5.80.